The lowest BCUT2D eigenvalue weighted by molar-refractivity contribution is 0.398. The minimum Gasteiger partial charge on any atom is -0.497 e. The number of allylic oxidation sites excluding steroid dienone is 2. The number of rotatable bonds is 13. The average Bonchev–Trinajstić information content (AvgIpc) is 2.67. The highest BCUT2D eigenvalue weighted by Gasteiger charge is 2.04. The van der Waals surface area contributed by atoms with E-state index in [1.54, 1.807) is 7.11 Å². The van der Waals surface area contributed by atoms with Crippen molar-refractivity contribution < 1.29 is 4.74 Å². The van der Waals surface area contributed by atoms with Gasteiger partial charge in [-0.1, -0.05) is 38.0 Å². The summed E-state index contributed by atoms with van der Waals surface area (Å²) in [5, 5.41) is 3.49. The van der Waals surface area contributed by atoms with Gasteiger partial charge in [0.2, 0.25) is 0 Å². The third-order valence-corrected chi connectivity index (χ3v) is 4.39. The van der Waals surface area contributed by atoms with Gasteiger partial charge in [-0.2, -0.15) is 0 Å². The maximum absolute atomic E-state index is 5.26. The first-order valence-electron chi connectivity index (χ1n) is 9.53. The fourth-order valence-corrected chi connectivity index (χ4v) is 2.70. The number of hydrogen-bond acceptors (Lipinski definition) is 4. The lowest BCUT2D eigenvalue weighted by Crippen LogP contribution is -2.19. The van der Waals surface area contributed by atoms with Crippen LogP contribution in [0.5, 0.6) is 5.75 Å². The normalized spacial score (nSPS) is 12.2. The van der Waals surface area contributed by atoms with Crippen LogP contribution in [0.2, 0.25) is 0 Å². The Bertz CT molecular complexity index is 593. The zero-order valence-corrected chi connectivity index (χ0v) is 16.9. The summed E-state index contributed by atoms with van der Waals surface area (Å²) in [6.45, 7) is 10.8. The minimum atomic E-state index is 0.835. The molecule has 144 valence electrons. The molecule has 0 bridgehead atoms. The van der Waals surface area contributed by atoms with Crippen LogP contribution < -0.4 is 10.1 Å². The number of ether oxygens (including phenoxy) is 1. The third kappa shape index (κ3) is 8.34. The van der Waals surface area contributed by atoms with E-state index in [1.165, 1.54) is 30.4 Å². The van der Waals surface area contributed by atoms with Crippen LogP contribution in [0.15, 0.2) is 52.8 Å². The first-order valence-corrected chi connectivity index (χ1v) is 9.53. The molecule has 0 aliphatic carbocycles. The molecular weight excluding hydrogens is 322 g/mol. The van der Waals surface area contributed by atoms with E-state index in [0.717, 1.165) is 37.6 Å². The highest BCUT2D eigenvalue weighted by molar-refractivity contribution is 5.32. The lowest BCUT2D eigenvalue weighted by Gasteiger charge is -2.19. The van der Waals surface area contributed by atoms with Crippen LogP contribution in [0.25, 0.3) is 0 Å². The van der Waals surface area contributed by atoms with Crippen LogP contribution in [0, 0.1) is 0 Å². The van der Waals surface area contributed by atoms with Gasteiger partial charge in [0.1, 0.15) is 11.6 Å². The van der Waals surface area contributed by atoms with Gasteiger partial charge in [-0.15, -0.1) is 0 Å². The summed E-state index contributed by atoms with van der Waals surface area (Å²) < 4.78 is 5.26. The largest absolute Gasteiger partial charge is 0.497 e. The summed E-state index contributed by atoms with van der Waals surface area (Å²) in [6.07, 6.45) is 8.92. The first kappa shape index (κ1) is 22.0. The Balaban J connectivity index is 2.48. The number of hydrogen-bond donors (Lipinski definition) is 1. The summed E-state index contributed by atoms with van der Waals surface area (Å²) >= 11 is 0. The predicted molar refractivity (Wildman–Crippen MR) is 113 cm³/mol. The Labute approximate surface area is 159 Å². The molecule has 4 nitrogen and oxygen atoms in total. The summed E-state index contributed by atoms with van der Waals surface area (Å²) in [7, 11) is 3.78. The van der Waals surface area contributed by atoms with E-state index >= 15 is 0 Å². The van der Waals surface area contributed by atoms with Gasteiger partial charge < -0.3 is 15.0 Å². The summed E-state index contributed by atoms with van der Waals surface area (Å²) in [4.78, 5) is 6.40. The van der Waals surface area contributed by atoms with Crippen molar-refractivity contribution in [1.29, 1.82) is 0 Å². The molecule has 0 saturated heterocycles. The van der Waals surface area contributed by atoms with Crippen LogP contribution >= 0.6 is 0 Å². The molecule has 1 rings (SSSR count). The first-order chi connectivity index (χ1) is 12.6. The van der Waals surface area contributed by atoms with Gasteiger partial charge in [-0.25, -0.2) is 4.99 Å². The van der Waals surface area contributed by atoms with Gasteiger partial charge in [-0.05, 0) is 62.4 Å². The molecule has 26 heavy (non-hydrogen) atoms. The van der Waals surface area contributed by atoms with Crippen molar-refractivity contribution in [3.05, 3.63) is 53.4 Å². The fraction of sp³-hybridized carbons (Fsp3) is 0.500. The van der Waals surface area contributed by atoms with Gasteiger partial charge in [-0.3, -0.25) is 0 Å². The maximum Gasteiger partial charge on any atom is 0.127 e. The van der Waals surface area contributed by atoms with E-state index in [-0.39, 0.29) is 0 Å². The standard InChI is InChI=1S/C22H35N3O/c1-6-8-9-15-25(4)22(23-3)17-19(7-2)13-14-24-18-20-11-10-12-21(16-20)26-5/h7,10-12,16-17,24H,3,6,8-9,13-15,18H2,1-2,4-5H3/b19-7-,22-17+. The van der Waals surface area contributed by atoms with E-state index in [2.05, 4.69) is 67.1 Å². The monoisotopic (exact) mass is 357 g/mol. The number of nitrogens with one attached hydrogen (secondary N) is 1. The molecular formula is C22H35N3O. The third-order valence-electron chi connectivity index (χ3n) is 4.39. The fourth-order valence-electron chi connectivity index (χ4n) is 2.70. The highest BCUT2D eigenvalue weighted by atomic mass is 16.5. The second kappa shape index (κ2) is 13.2. The second-order valence-corrected chi connectivity index (χ2v) is 6.43. The van der Waals surface area contributed by atoms with Crippen molar-refractivity contribution in [2.24, 2.45) is 4.99 Å². The summed E-state index contributed by atoms with van der Waals surface area (Å²) in [5.74, 6) is 1.84. The maximum atomic E-state index is 5.26. The summed E-state index contributed by atoms with van der Waals surface area (Å²) in [5.41, 5.74) is 2.50. The van der Waals surface area contributed by atoms with Crippen molar-refractivity contribution in [3.63, 3.8) is 0 Å². The van der Waals surface area contributed by atoms with Gasteiger partial charge in [0.25, 0.3) is 0 Å². The molecule has 0 heterocycles. The zero-order valence-electron chi connectivity index (χ0n) is 16.9. The van der Waals surface area contributed by atoms with E-state index in [9.17, 15) is 0 Å². The average molecular weight is 358 g/mol. The van der Waals surface area contributed by atoms with Crippen LogP contribution in [0.4, 0.5) is 0 Å². The minimum absolute atomic E-state index is 0.835. The molecule has 1 aromatic carbocycles. The molecule has 0 atom stereocenters. The van der Waals surface area contributed by atoms with Crippen molar-refractivity contribution in [3.8, 4) is 5.75 Å². The molecule has 0 radical (unpaired) electrons. The van der Waals surface area contributed by atoms with Crippen LogP contribution in [-0.2, 0) is 6.54 Å². The van der Waals surface area contributed by atoms with Gasteiger partial charge in [0.05, 0.1) is 7.11 Å². The van der Waals surface area contributed by atoms with E-state index < -0.39 is 0 Å². The van der Waals surface area contributed by atoms with Crippen molar-refractivity contribution in [2.75, 3.05) is 27.2 Å². The number of nitrogens with zero attached hydrogens (tertiary/aromatic N) is 2. The second-order valence-electron chi connectivity index (χ2n) is 6.43. The predicted octanol–water partition coefficient (Wildman–Crippen LogP) is 4.79. The molecule has 0 aliphatic rings. The molecule has 0 spiro atoms. The number of unbranched alkanes of at least 4 members (excludes halogenated alkanes) is 2. The lowest BCUT2D eigenvalue weighted by atomic mass is 10.1. The Hall–Kier alpha value is -2.07. The topological polar surface area (TPSA) is 36.9 Å². The van der Waals surface area contributed by atoms with Crippen LogP contribution in [0.1, 0.15) is 45.1 Å². The Morgan fingerprint density at radius 2 is 2.15 bits per heavy atom. The summed E-state index contributed by atoms with van der Waals surface area (Å²) in [6, 6.07) is 8.16. The SMILES string of the molecule is C=N/C(=C\C(=C/C)CCNCc1cccc(OC)c1)N(C)CCCCC. The molecule has 0 saturated carbocycles. The van der Waals surface area contributed by atoms with E-state index in [4.69, 9.17) is 4.74 Å². The Kier molecular flexibility index (Phi) is 11.1. The molecule has 0 aromatic heterocycles. The molecule has 4 heteroatoms. The Morgan fingerprint density at radius 1 is 1.35 bits per heavy atom. The quantitative estimate of drug-likeness (QED) is 0.313. The highest BCUT2D eigenvalue weighted by Crippen LogP contribution is 2.14. The van der Waals surface area contributed by atoms with E-state index in [0.29, 0.717) is 0 Å². The van der Waals surface area contributed by atoms with Gasteiger partial charge in [0.15, 0.2) is 0 Å². The molecule has 0 unspecified atom stereocenters. The van der Waals surface area contributed by atoms with Crippen molar-refractivity contribution in [1.82, 2.24) is 10.2 Å². The molecule has 1 aromatic rings. The zero-order chi connectivity index (χ0) is 19.2. The smallest absolute Gasteiger partial charge is 0.127 e. The number of aliphatic imine (C=N–C) groups is 1. The molecule has 1 N–H and O–H groups in total. The van der Waals surface area contributed by atoms with Gasteiger partial charge >= 0.3 is 0 Å². The molecule has 0 amide bonds. The van der Waals surface area contributed by atoms with Crippen molar-refractivity contribution >= 4 is 6.72 Å². The van der Waals surface area contributed by atoms with Crippen LogP contribution in [0.3, 0.4) is 0 Å². The molecule has 0 fully saturated rings. The van der Waals surface area contributed by atoms with Gasteiger partial charge in [0, 0.05) is 20.1 Å². The van der Waals surface area contributed by atoms with Crippen molar-refractivity contribution in [2.45, 2.75) is 46.1 Å². The Morgan fingerprint density at radius 3 is 2.81 bits per heavy atom. The van der Waals surface area contributed by atoms with E-state index in [1.807, 2.05) is 12.1 Å². The molecule has 0 aliphatic heterocycles. The number of methoxy groups -OCH3 is 1. The van der Waals surface area contributed by atoms with Crippen LogP contribution in [-0.4, -0.2) is 38.9 Å². The number of benzene rings is 1.